The van der Waals surface area contributed by atoms with E-state index in [0.717, 1.165) is 5.56 Å². The lowest BCUT2D eigenvalue weighted by atomic mass is 9.87. The van der Waals surface area contributed by atoms with Gasteiger partial charge in [-0.05, 0) is 23.4 Å². The number of nitrogens with zero attached hydrogens (tertiary/aromatic N) is 1. The van der Waals surface area contributed by atoms with E-state index in [2.05, 4.69) is 19.2 Å². The van der Waals surface area contributed by atoms with Crippen molar-refractivity contribution in [3.8, 4) is 11.5 Å². The van der Waals surface area contributed by atoms with Crippen LogP contribution in [0.3, 0.4) is 0 Å². The first-order valence-corrected chi connectivity index (χ1v) is 10.7. The molecular formula is C22H28N2O4S. The summed E-state index contributed by atoms with van der Waals surface area (Å²) in [6.07, 6.45) is 0. The summed E-state index contributed by atoms with van der Waals surface area (Å²) in [5.41, 5.74) is 0.887. The Labute approximate surface area is 175 Å². The fourth-order valence-corrected chi connectivity index (χ4v) is 4.44. The van der Waals surface area contributed by atoms with E-state index in [9.17, 15) is 9.59 Å². The summed E-state index contributed by atoms with van der Waals surface area (Å²) in [5.74, 6) is 1.01. The standard InChI is InChI=1S/C22H28N2O4S/c1-14(2)11-23-21(25)17-13-24(22(26)19-9-6-10-29-19)12-16(17)15-7-5-8-18(27-3)20(15)28-4/h5-10,14,16-17H,11-13H2,1-4H3,(H,23,25). The third-order valence-electron chi connectivity index (χ3n) is 5.19. The van der Waals surface area contributed by atoms with Crippen molar-refractivity contribution in [1.29, 1.82) is 0 Å². The van der Waals surface area contributed by atoms with E-state index in [1.807, 2.05) is 35.7 Å². The molecule has 2 unspecified atom stereocenters. The van der Waals surface area contributed by atoms with Gasteiger partial charge in [0, 0.05) is 31.1 Å². The lowest BCUT2D eigenvalue weighted by Crippen LogP contribution is -2.37. The van der Waals surface area contributed by atoms with E-state index in [-0.39, 0.29) is 23.7 Å². The monoisotopic (exact) mass is 416 g/mol. The molecule has 1 saturated heterocycles. The summed E-state index contributed by atoms with van der Waals surface area (Å²) in [6.45, 7) is 5.57. The van der Waals surface area contributed by atoms with E-state index in [1.54, 1.807) is 19.1 Å². The van der Waals surface area contributed by atoms with Gasteiger partial charge in [0.15, 0.2) is 11.5 Å². The van der Waals surface area contributed by atoms with Gasteiger partial charge in [0.25, 0.3) is 5.91 Å². The molecule has 29 heavy (non-hydrogen) atoms. The summed E-state index contributed by atoms with van der Waals surface area (Å²) >= 11 is 1.42. The molecule has 1 N–H and O–H groups in total. The Bertz CT molecular complexity index is 851. The van der Waals surface area contributed by atoms with Crippen molar-refractivity contribution in [1.82, 2.24) is 10.2 Å². The minimum Gasteiger partial charge on any atom is -0.493 e. The van der Waals surface area contributed by atoms with E-state index in [0.29, 0.717) is 41.9 Å². The van der Waals surface area contributed by atoms with Crippen LogP contribution in [-0.2, 0) is 4.79 Å². The molecule has 7 heteroatoms. The molecule has 156 valence electrons. The molecule has 1 aliphatic rings. The van der Waals surface area contributed by atoms with Crippen molar-refractivity contribution in [2.45, 2.75) is 19.8 Å². The first-order chi connectivity index (χ1) is 14.0. The lowest BCUT2D eigenvalue weighted by Gasteiger charge is -2.22. The molecule has 1 aromatic heterocycles. The van der Waals surface area contributed by atoms with E-state index in [1.165, 1.54) is 11.3 Å². The minimum absolute atomic E-state index is 0.0324. The predicted octanol–water partition coefficient (Wildman–Crippen LogP) is 3.39. The number of hydrogen-bond acceptors (Lipinski definition) is 5. The number of benzene rings is 1. The fourth-order valence-electron chi connectivity index (χ4n) is 3.75. The lowest BCUT2D eigenvalue weighted by molar-refractivity contribution is -0.125. The van der Waals surface area contributed by atoms with Gasteiger partial charge in [0.05, 0.1) is 25.0 Å². The number of amides is 2. The second-order valence-electron chi connectivity index (χ2n) is 7.62. The molecule has 1 fully saturated rings. The number of methoxy groups -OCH3 is 2. The zero-order valence-electron chi connectivity index (χ0n) is 17.3. The number of likely N-dealkylation sites (tertiary alicyclic amines) is 1. The maximum absolute atomic E-state index is 13.0. The van der Waals surface area contributed by atoms with Crippen LogP contribution in [0.2, 0.25) is 0 Å². The highest BCUT2D eigenvalue weighted by Crippen LogP contribution is 2.42. The Morgan fingerprint density at radius 1 is 1.17 bits per heavy atom. The summed E-state index contributed by atoms with van der Waals surface area (Å²) < 4.78 is 11.1. The zero-order valence-corrected chi connectivity index (χ0v) is 18.1. The van der Waals surface area contributed by atoms with Gasteiger partial charge in [-0.1, -0.05) is 32.0 Å². The van der Waals surface area contributed by atoms with Crippen LogP contribution in [0.25, 0.3) is 0 Å². The van der Waals surface area contributed by atoms with Crippen LogP contribution in [0.4, 0.5) is 0 Å². The molecule has 0 spiro atoms. The van der Waals surface area contributed by atoms with Crippen molar-refractivity contribution >= 4 is 23.2 Å². The number of carbonyl (C=O) groups excluding carboxylic acids is 2. The normalized spacial score (nSPS) is 18.7. The fraction of sp³-hybridized carbons (Fsp3) is 0.455. The van der Waals surface area contributed by atoms with Crippen LogP contribution >= 0.6 is 11.3 Å². The van der Waals surface area contributed by atoms with Gasteiger partial charge in [-0.2, -0.15) is 0 Å². The molecule has 0 aliphatic carbocycles. The third kappa shape index (κ3) is 4.56. The van der Waals surface area contributed by atoms with Crippen LogP contribution in [0, 0.1) is 11.8 Å². The summed E-state index contributed by atoms with van der Waals surface area (Å²) in [7, 11) is 3.19. The van der Waals surface area contributed by atoms with Crippen molar-refractivity contribution in [3.05, 3.63) is 46.2 Å². The third-order valence-corrected chi connectivity index (χ3v) is 6.05. The van der Waals surface area contributed by atoms with E-state index < -0.39 is 0 Å². The van der Waals surface area contributed by atoms with Crippen LogP contribution in [-0.4, -0.2) is 50.6 Å². The van der Waals surface area contributed by atoms with Crippen molar-refractivity contribution < 1.29 is 19.1 Å². The number of carbonyl (C=O) groups is 2. The Balaban J connectivity index is 1.93. The van der Waals surface area contributed by atoms with Gasteiger partial charge >= 0.3 is 0 Å². The smallest absolute Gasteiger partial charge is 0.263 e. The number of thiophene rings is 1. The molecule has 1 aromatic carbocycles. The first-order valence-electron chi connectivity index (χ1n) is 9.77. The number of rotatable bonds is 7. The SMILES string of the molecule is COc1cccc(C2CN(C(=O)c3cccs3)CC2C(=O)NCC(C)C)c1OC. The van der Waals surface area contributed by atoms with Crippen LogP contribution in [0.15, 0.2) is 35.7 Å². The molecule has 2 aromatic rings. The number of ether oxygens (including phenoxy) is 2. The highest BCUT2D eigenvalue weighted by atomic mass is 32.1. The first kappa shape index (κ1) is 21.2. The Morgan fingerprint density at radius 2 is 1.97 bits per heavy atom. The molecular weight excluding hydrogens is 388 g/mol. The van der Waals surface area contributed by atoms with Crippen molar-refractivity contribution in [2.75, 3.05) is 33.9 Å². The Kier molecular flexibility index (Phi) is 6.79. The average Bonchev–Trinajstić information content (AvgIpc) is 3.40. The number of para-hydroxylation sites is 1. The zero-order chi connectivity index (χ0) is 21.0. The minimum atomic E-state index is -0.348. The predicted molar refractivity (Wildman–Crippen MR) is 114 cm³/mol. The van der Waals surface area contributed by atoms with Crippen LogP contribution in [0.1, 0.15) is 35.0 Å². The highest BCUT2D eigenvalue weighted by molar-refractivity contribution is 7.12. The van der Waals surface area contributed by atoms with Gasteiger partial charge < -0.3 is 19.7 Å². The second-order valence-corrected chi connectivity index (χ2v) is 8.57. The number of hydrogen-bond donors (Lipinski definition) is 1. The maximum Gasteiger partial charge on any atom is 0.263 e. The summed E-state index contributed by atoms with van der Waals surface area (Å²) in [4.78, 5) is 28.4. The number of nitrogens with one attached hydrogen (secondary N) is 1. The summed E-state index contributed by atoms with van der Waals surface area (Å²) in [5, 5.41) is 4.93. The van der Waals surface area contributed by atoms with Gasteiger partial charge in [-0.25, -0.2) is 0 Å². The van der Waals surface area contributed by atoms with Crippen molar-refractivity contribution in [3.63, 3.8) is 0 Å². The largest absolute Gasteiger partial charge is 0.493 e. The summed E-state index contributed by atoms with van der Waals surface area (Å²) in [6, 6.07) is 9.36. The molecule has 2 heterocycles. The van der Waals surface area contributed by atoms with E-state index >= 15 is 0 Å². The van der Waals surface area contributed by atoms with Crippen LogP contribution in [0.5, 0.6) is 11.5 Å². The topological polar surface area (TPSA) is 67.9 Å². The Morgan fingerprint density at radius 3 is 2.59 bits per heavy atom. The Hall–Kier alpha value is -2.54. The molecule has 0 saturated carbocycles. The van der Waals surface area contributed by atoms with Crippen LogP contribution < -0.4 is 14.8 Å². The highest BCUT2D eigenvalue weighted by Gasteiger charge is 2.42. The average molecular weight is 417 g/mol. The molecule has 1 aliphatic heterocycles. The molecule has 3 rings (SSSR count). The van der Waals surface area contributed by atoms with Gasteiger partial charge in [0.1, 0.15) is 0 Å². The van der Waals surface area contributed by atoms with Gasteiger partial charge in [0.2, 0.25) is 5.91 Å². The van der Waals surface area contributed by atoms with Gasteiger partial charge in [-0.15, -0.1) is 11.3 Å². The quantitative estimate of drug-likeness (QED) is 0.751. The maximum atomic E-state index is 13.0. The molecule has 2 atom stereocenters. The van der Waals surface area contributed by atoms with E-state index in [4.69, 9.17) is 9.47 Å². The molecule has 2 amide bonds. The molecule has 0 radical (unpaired) electrons. The van der Waals surface area contributed by atoms with Gasteiger partial charge in [-0.3, -0.25) is 9.59 Å². The second kappa shape index (κ2) is 9.31. The molecule has 0 bridgehead atoms. The van der Waals surface area contributed by atoms with Crippen molar-refractivity contribution in [2.24, 2.45) is 11.8 Å². The molecule has 6 nitrogen and oxygen atoms in total.